The molecule has 1 aliphatic rings. The number of hydrogen-bond acceptors (Lipinski definition) is 4. The Morgan fingerprint density at radius 1 is 1.04 bits per heavy atom. The van der Waals surface area contributed by atoms with Crippen LogP contribution in [0.4, 0.5) is 5.69 Å². The minimum absolute atomic E-state index is 0.153. The third kappa shape index (κ3) is 7.10. The van der Waals surface area contributed by atoms with Gasteiger partial charge in [0, 0.05) is 18.7 Å². The molecule has 0 aromatic heterocycles. The number of nitro benzene ring substituents is 1. The van der Waals surface area contributed by atoms with Crippen molar-refractivity contribution >= 4 is 5.69 Å². The van der Waals surface area contributed by atoms with Gasteiger partial charge >= 0.3 is 0 Å². The lowest BCUT2D eigenvalue weighted by Gasteiger charge is -2.26. The smallest absolute Gasteiger partial charge is 0.269 e. The fraction of sp³-hybridized carbons (Fsp3) is 0.611. The number of likely N-dealkylation sites (tertiary alicyclic amines) is 1. The Bertz CT molecular complexity index is 456. The molecule has 1 aromatic rings. The molecule has 0 saturated carbocycles. The second kappa shape index (κ2) is 10.3. The molecule has 0 spiro atoms. The lowest BCUT2D eigenvalue weighted by molar-refractivity contribution is -0.384. The second-order valence-electron chi connectivity index (χ2n) is 6.22. The van der Waals surface area contributed by atoms with E-state index in [1.807, 2.05) is 12.1 Å². The zero-order valence-corrected chi connectivity index (χ0v) is 13.9. The fourth-order valence-electron chi connectivity index (χ4n) is 2.93. The Morgan fingerprint density at radius 3 is 2.43 bits per heavy atom. The molecule has 5 nitrogen and oxygen atoms in total. The van der Waals surface area contributed by atoms with E-state index in [1.165, 1.54) is 58.2 Å². The summed E-state index contributed by atoms with van der Waals surface area (Å²) in [6.07, 6.45) is 9.99. The number of piperidine rings is 1. The van der Waals surface area contributed by atoms with Gasteiger partial charge in [0.15, 0.2) is 0 Å². The number of non-ortho nitro benzene ring substituents is 1. The summed E-state index contributed by atoms with van der Waals surface area (Å²) in [4.78, 5) is 12.8. The minimum Gasteiger partial charge on any atom is -0.313 e. The van der Waals surface area contributed by atoms with Gasteiger partial charge in [-0.15, -0.1) is 0 Å². The van der Waals surface area contributed by atoms with E-state index in [-0.39, 0.29) is 10.6 Å². The molecule has 2 rings (SSSR count). The topological polar surface area (TPSA) is 58.4 Å². The molecule has 0 amide bonds. The van der Waals surface area contributed by atoms with Crippen molar-refractivity contribution in [2.24, 2.45) is 0 Å². The summed E-state index contributed by atoms with van der Waals surface area (Å²) in [5, 5.41) is 14.0. The Hall–Kier alpha value is -1.46. The average Bonchev–Trinajstić information content (AvgIpc) is 2.58. The van der Waals surface area contributed by atoms with Crippen LogP contribution in [0.5, 0.6) is 0 Å². The van der Waals surface area contributed by atoms with E-state index in [0.29, 0.717) is 0 Å². The summed E-state index contributed by atoms with van der Waals surface area (Å²) in [6, 6.07) is 6.77. The quantitative estimate of drug-likeness (QED) is 0.407. The molecule has 1 radical (unpaired) electrons. The normalized spacial score (nSPS) is 15.7. The van der Waals surface area contributed by atoms with E-state index in [4.69, 9.17) is 0 Å². The van der Waals surface area contributed by atoms with Crippen LogP contribution in [0, 0.1) is 16.5 Å². The summed E-state index contributed by atoms with van der Waals surface area (Å²) >= 11 is 0. The van der Waals surface area contributed by atoms with Crippen LogP contribution >= 0.6 is 0 Å². The minimum atomic E-state index is -0.362. The number of hydrogen-bond donors (Lipinski definition) is 1. The number of nitro groups is 1. The van der Waals surface area contributed by atoms with Gasteiger partial charge in [-0.05, 0) is 63.8 Å². The van der Waals surface area contributed by atoms with Crippen molar-refractivity contribution in [1.29, 1.82) is 0 Å². The monoisotopic (exact) mass is 318 g/mol. The van der Waals surface area contributed by atoms with Crippen LogP contribution in [-0.4, -0.2) is 36.0 Å². The van der Waals surface area contributed by atoms with E-state index in [1.54, 1.807) is 12.1 Å². The molecule has 0 atom stereocenters. The van der Waals surface area contributed by atoms with Crippen molar-refractivity contribution in [3.8, 4) is 0 Å². The molecular formula is C18H28N3O2. The summed E-state index contributed by atoms with van der Waals surface area (Å²) in [5.41, 5.74) is 1.25. The summed E-state index contributed by atoms with van der Waals surface area (Å²) in [6.45, 7) is 5.54. The number of rotatable bonds is 10. The highest BCUT2D eigenvalue weighted by atomic mass is 16.6. The molecule has 5 heteroatoms. The first-order valence-corrected chi connectivity index (χ1v) is 8.74. The third-order valence-corrected chi connectivity index (χ3v) is 4.35. The molecule has 1 saturated heterocycles. The predicted molar refractivity (Wildman–Crippen MR) is 93.2 cm³/mol. The maximum Gasteiger partial charge on any atom is 0.269 e. The van der Waals surface area contributed by atoms with Gasteiger partial charge in [-0.25, -0.2) is 0 Å². The van der Waals surface area contributed by atoms with Crippen LogP contribution in [-0.2, 0) is 6.54 Å². The van der Waals surface area contributed by atoms with Crippen molar-refractivity contribution < 1.29 is 4.92 Å². The summed E-state index contributed by atoms with van der Waals surface area (Å²) < 4.78 is 0. The van der Waals surface area contributed by atoms with Crippen molar-refractivity contribution in [2.75, 3.05) is 26.2 Å². The van der Waals surface area contributed by atoms with Gasteiger partial charge in [-0.1, -0.05) is 25.0 Å². The lowest BCUT2D eigenvalue weighted by Crippen LogP contribution is -2.30. The van der Waals surface area contributed by atoms with Gasteiger partial charge in [0.1, 0.15) is 0 Å². The zero-order chi connectivity index (χ0) is 16.3. The Labute approximate surface area is 139 Å². The summed E-state index contributed by atoms with van der Waals surface area (Å²) in [7, 11) is 0. The van der Waals surface area contributed by atoms with Crippen molar-refractivity contribution in [1.82, 2.24) is 10.2 Å². The largest absolute Gasteiger partial charge is 0.313 e. The van der Waals surface area contributed by atoms with Crippen LogP contribution in [0.1, 0.15) is 44.1 Å². The molecule has 23 heavy (non-hydrogen) atoms. The third-order valence-electron chi connectivity index (χ3n) is 4.35. The molecule has 0 unspecified atom stereocenters. The van der Waals surface area contributed by atoms with Gasteiger partial charge in [-0.2, -0.15) is 0 Å². The predicted octanol–water partition coefficient (Wildman–Crippen LogP) is 3.54. The van der Waals surface area contributed by atoms with Gasteiger partial charge < -0.3 is 10.2 Å². The molecule has 1 N–H and O–H groups in total. The molecule has 0 aliphatic carbocycles. The van der Waals surface area contributed by atoms with Crippen molar-refractivity contribution in [3.05, 3.63) is 46.4 Å². The Balaban J connectivity index is 1.45. The number of unbranched alkanes of at least 4 members (excludes halogenated alkanes) is 3. The second-order valence-corrected chi connectivity index (χ2v) is 6.22. The molecule has 1 heterocycles. The molecular weight excluding hydrogens is 290 g/mol. The highest BCUT2D eigenvalue weighted by Gasteiger charge is 2.08. The Morgan fingerprint density at radius 2 is 1.74 bits per heavy atom. The van der Waals surface area contributed by atoms with Crippen LogP contribution in [0.2, 0.25) is 0 Å². The molecule has 1 fully saturated rings. The number of nitrogens with zero attached hydrogens (tertiary/aromatic N) is 2. The highest BCUT2D eigenvalue weighted by molar-refractivity contribution is 5.32. The lowest BCUT2D eigenvalue weighted by atomic mass is 10.1. The molecule has 0 bridgehead atoms. The van der Waals surface area contributed by atoms with E-state index >= 15 is 0 Å². The fourth-order valence-corrected chi connectivity index (χ4v) is 2.93. The van der Waals surface area contributed by atoms with E-state index < -0.39 is 0 Å². The SMILES string of the molecule is O=[N+]([O-])c1ccc(CNCCCCCCN2CC[CH]CC2)cc1. The van der Waals surface area contributed by atoms with Crippen molar-refractivity contribution in [2.45, 2.75) is 45.1 Å². The van der Waals surface area contributed by atoms with Crippen LogP contribution in [0.3, 0.4) is 0 Å². The average molecular weight is 318 g/mol. The summed E-state index contributed by atoms with van der Waals surface area (Å²) in [5.74, 6) is 0. The van der Waals surface area contributed by atoms with E-state index in [9.17, 15) is 10.1 Å². The van der Waals surface area contributed by atoms with E-state index in [0.717, 1.165) is 18.7 Å². The van der Waals surface area contributed by atoms with Gasteiger partial charge in [0.05, 0.1) is 4.92 Å². The van der Waals surface area contributed by atoms with Gasteiger partial charge in [0.2, 0.25) is 0 Å². The first kappa shape index (κ1) is 17.9. The van der Waals surface area contributed by atoms with Gasteiger partial charge in [0.25, 0.3) is 5.69 Å². The maximum absolute atomic E-state index is 10.6. The molecule has 1 aromatic carbocycles. The number of nitrogens with one attached hydrogen (secondary N) is 1. The first-order chi connectivity index (χ1) is 11.3. The van der Waals surface area contributed by atoms with Crippen LogP contribution < -0.4 is 5.32 Å². The highest BCUT2D eigenvalue weighted by Crippen LogP contribution is 2.12. The van der Waals surface area contributed by atoms with Crippen LogP contribution in [0.25, 0.3) is 0 Å². The van der Waals surface area contributed by atoms with Crippen LogP contribution in [0.15, 0.2) is 24.3 Å². The first-order valence-electron chi connectivity index (χ1n) is 8.74. The molecule has 1 aliphatic heterocycles. The molecule has 127 valence electrons. The number of benzene rings is 1. The zero-order valence-electron chi connectivity index (χ0n) is 13.9. The maximum atomic E-state index is 10.6. The van der Waals surface area contributed by atoms with Gasteiger partial charge in [-0.3, -0.25) is 10.1 Å². The van der Waals surface area contributed by atoms with E-state index in [2.05, 4.69) is 16.6 Å². The standard InChI is InChI=1S/C18H28N3O2/c22-21(23)18-10-8-17(9-11-18)16-19-12-4-1-2-5-13-20-14-6-3-7-15-20/h3,8-11,19H,1-2,4-7,12-16H2. The van der Waals surface area contributed by atoms with Crippen molar-refractivity contribution in [3.63, 3.8) is 0 Å². The Kier molecular flexibility index (Phi) is 8.04.